The highest BCUT2D eigenvalue weighted by Gasteiger charge is 2.26. The van der Waals surface area contributed by atoms with Gasteiger partial charge in [0.2, 0.25) is 0 Å². The Labute approximate surface area is 129 Å². The highest BCUT2D eigenvalue weighted by Crippen LogP contribution is 2.30. The fraction of sp³-hybridized carbons (Fsp3) is 0.294. The number of aryl methyl sites for hydroxylation is 1. The number of ether oxygens (including phenoxy) is 1. The first-order valence-electron chi connectivity index (χ1n) is 6.98. The summed E-state index contributed by atoms with van der Waals surface area (Å²) in [5, 5.41) is 2.48. The Morgan fingerprint density at radius 3 is 2.41 bits per heavy atom. The molecule has 0 saturated carbocycles. The molecule has 0 aliphatic rings. The second-order valence-corrected chi connectivity index (χ2v) is 5.09. The molecule has 1 heterocycles. The predicted octanol–water partition coefficient (Wildman–Crippen LogP) is 2.89. The van der Waals surface area contributed by atoms with Crippen molar-refractivity contribution < 1.29 is 18.7 Å². The molecule has 1 atom stereocenters. The molecule has 1 aromatic heterocycles. The van der Waals surface area contributed by atoms with Gasteiger partial charge in [-0.25, -0.2) is 4.79 Å². The minimum absolute atomic E-state index is 0.0943. The molecule has 22 heavy (non-hydrogen) atoms. The number of hydrogen-bond acceptors (Lipinski definition) is 4. The van der Waals surface area contributed by atoms with E-state index in [2.05, 4.69) is 5.32 Å². The average molecular weight is 301 g/mol. The van der Waals surface area contributed by atoms with E-state index in [-0.39, 0.29) is 23.1 Å². The summed E-state index contributed by atoms with van der Waals surface area (Å²) in [4.78, 5) is 23.7. The zero-order valence-electron chi connectivity index (χ0n) is 13.1. The molecule has 1 aromatic carbocycles. The molecule has 0 aliphatic heterocycles. The normalized spacial score (nSPS) is 11.8. The predicted molar refractivity (Wildman–Crippen MR) is 82.1 cm³/mol. The maximum Gasteiger partial charge on any atom is 0.341 e. The Kier molecular flexibility index (Phi) is 4.65. The van der Waals surface area contributed by atoms with E-state index < -0.39 is 5.97 Å². The van der Waals surface area contributed by atoms with Gasteiger partial charge in [0.25, 0.3) is 5.91 Å². The fourth-order valence-electron chi connectivity index (χ4n) is 2.24. The van der Waals surface area contributed by atoms with Crippen molar-refractivity contribution in [2.24, 2.45) is 0 Å². The standard InChI is InChI=1S/C17H19NO4/c1-10-5-7-12(8-6-10)11(2)15-13(17(20)21-4)9-14(22-15)16(19)18-3/h5-9,11H,1-4H3,(H,18,19). The molecule has 0 aliphatic carbocycles. The third kappa shape index (κ3) is 3.03. The molecule has 1 N–H and O–H groups in total. The van der Waals surface area contributed by atoms with Gasteiger partial charge in [-0.1, -0.05) is 36.8 Å². The SMILES string of the molecule is CNC(=O)c1cc(C(=O)OC)c(C(C)c2ccc(C)cc2)o1. The first-order chi connectivity index (χ1) is 10.5. The molecule has 0 fully saturated rings. The van der Waals surface area contributed by atoms with E-state index in [0.29, 0.717) is 5.76 Å². The smallest absolute Gasteiger partial charge is 0.341 e. The van der Waals surface area contributed by atoms with Gasteiger partial charge < -0.3 is 14.5 Å². The lowest BCUT2D eigenvalue weighted by atomic mass is 9.95. The lowest BCUT2D eigenvalue weighted by molar-refractivity contribution is 0.0597. The van der Waals surface area contributed by atoms with Gasteiger partial charge >= 0.3 is 5.97 Å². The van der Waals surface area contributed by atoms with Crippen molar-refractivity contribution in [1.82, 2.24) is 5.32 Å². The molecular formula is C17H19NO4. The first-order valence-corrected chi connectivity index (χ1v) is 6.98. The molecule has 0 spiro atoms. The van der Waals surface area contributed by atoms with Gasteiger partial charge in [-0.2, -0.15) is 0 Å². The largest absolute Gasteiger partial charge is 0.465 e. The van der Waals surface area contributed by atoms with Crippen molar-refractivity contribution in [2.75, 3.05) is 14.2 Å². The highest BCUT2D eigenvalue weighted by molar-refractivity contribution is 5.97. The van der Waals surface area contributed by atoms with Crippen molar-refractivity contribution in [1.29, 1.82) is 0 Å². The zero-order valence-corrected chi connectivity index (χ0v) is 13.1. The van der Waals surface area contributed by atoms with Gasteiger partial charge in [-0.15, -0.1) is 0 Å². The fourth-order valence-corrected chi connectivity index (χ4v) is 2.24. The Balaban J connectivity index is 2.47. The number of nitrogens with one attached hydrogen (secondary N) is 1. The maximum absolute atomic E-state index is 11.9. The van der Waals surface area contributed by atoms with Crippen LogP contribution in [0.3, 0.4) is 0 Å². The maximum atomic E-state index is 11.9. The Bertz CT molecular complexity index is 685. The van der Waals surface area contributed by atoms with Crippen LogP contribution in [-0.4, -0.2) is 26.0 Å². The van der Waals surface area contributed by atoms with E-state index in [4.69, 9.17) is 9.15 Å². The third-order valence-electron chi connectivity index (χ3n) is 3.59. The van der Waals surface area contributed by atoms with Crippen LogP contribution in [0, 0.1) is 6.92 Å². The van der Waals surface area contributed by atoms with E-state index in [9.17, 15) is 9.59 Å². The van der Waals surface area contributed by atoms with Gasteiger partial charge in [-0.3, -0.25) is 4.79 Å². The number of methoxy groups -OCH3 is 1. The van der Waals surface area contributed by atoms with Crippen LogP contribution in [0.4, 0.5) is 0 Å². The topological polar surface area (TPSA) is 68.5 Å². The second-order valence-electron chi connectivity index (χ2n) is 5.09. The third-order valence-corrected chi connectivity index (χ3v) is 3.59. The highest BCUT2D eigenvalue weighted by atomic mass is 16.5. The monoisotopic (exact) mass is 301 g/mol. The number of carbonyl (C=O) groups is 2. The minimum Gasteiger partial charge on any atom is -0.465 e. The zero-order chi connectivity index (χ0) is 16.3. The average Bonchev–Trinajstić information content (AvgIpc) is 2.98. The summed E-state index contributed by atoms with van der Waals surface area (Å²) in [5.74, 6) is -0.556. The van der Waals surface area contributed by atoms with Gasteiger partial charge in [0.1, 0.15) is 11.3 Å². The van der Waals surface area contributed by atoms with Crippen LogP contribution in [-0.2, 0) is 4.74 Å². The molecule has 1 amide bonds. The van der Waals surface area contributed by atoms with Crippen LogP contribution < -0.4 is 5.32 Å². The molecular weight excluding hydrogens is 282 g/mol. The van der Waals surface area contributed by atoms with Crippen LogP contribution in [0.15, 0.2) is 34.7 Å². The van der Waals surface area contributed by atoms with E-state index in [1.54, 1.807) is 0 Å². The van der Waals surface area contributed by atoms with Gasteiger partial charge in [0, 0.05) is 19.0 Å². The summed E-state index contributed by atoms with van der Waals surface area (Å²) in [6.45, 7) is 3.93. The van der Waals surface area contributed by atoms with Crippen molar-refractivity contribution >= 4 is 11.9 Å². The summed E-state index contributed by atoms with van der Waals surface area (Å²) in [7, 11) is 2.81. The van der Waals surface area contributed by atoms with E-state index in [1.807, 2.05) is 38.1 Å². The Morgan fingerprint density at radius 2 is 1.86 bits per heavy atom. The molecule has 2 aromatic rings. The number of furan rings is 1. The summed E-state index contributed by atoms with van der Waals surface area (Å²) in [6, 6.07) is 9.36. The van der Waals surface area contributed by atoms with E-state index in [0.717, 1.165) is 11.1 Å². The van der Waals surface area contributed by atoms with Gasteiger partial charge in [0.05, 0.1) is 7.11 Å². The van der Waals surface area contributed by atoms with Crippen LogP contribution in [0.25, 0.3) is 0 Å². The Morgan fingerprint density at radius 1 is 1.23 bits per heavy atom. The molecule has 5 nitrogen and oxygen atoms in total. The number of rotatable bonds is 4. The van der Waals surface area contributed by atoms with Crippen molar-refractivity contribution in [3.8, 4) is 0 Å². The van der Waals surface area contributed by atoms with Gasteiger partial charge in [-0.05, 0) is 12.5 Å². The Hall–Kier alpha value is -2.56. The number of hydrogen-bond donors (Lipinski definition) is 1. The quantitative estimate of drug-likeness (QED) is 0.882. The van der Waals surface area contributed by atoms with E-state index >= 15 is 0 Å². The molecule has 2 rings (SSSR count). The van der Waals surface area contributed by atoms with Crippen LogP contribution in [0.1, 0.15) is 50.6 Å². The molecule has 0 saturated heterocycles. The second kappa shape index (κ2) is 6.47. The molecule has 116 valence electrons. The summed E-state index contributed by atoms with van der Waals surface area (Å²) in [6.07, 6.45) is 0. The lowest BCUT2D eigenvalue weighted by Gasteiger charge is -2.11. The summed E-state index contributed by atoms with van der Waals surface area (Å²) >= 11 is 0. The molecule has 1 unspecified atom stereocenters. The molecule has 0 radical (unpaired) electrons. The number of benzene rings is 1. The lowest BCUT2D eigenvalue weighted by Crippen LogP contribution is -2.16. The molecule has 5 heteroatoms. The van der Waals surface area contributed by atoms with Crippen molar-refractivity contribution in [2.45, 2.75) is 19.8 Å². The minimum atomic E-state index is -0.520. The summed E-state index contributed by atoms with van der Waals surface area (Å²) in [5.41, 5.74) is 2.41. The van der Waals surface area contributed by atoms with E-state index in [1.165, 1.54) is 20.2 Å². The number of amides is 1. The number of carbonyl (C=O) groups excluding carboxylic acids is 2. The first kappa shape index (κ1) is 15.8. The van der Waals surface area contributed by atoms with Crippen molar-refractivity contribution in [3.63, 3.8) is 0 Å². The van der Waals surface area contributed by atoms with Crippen molar-refractivity contribution in [3.05, 3.63) is 58.5 Å². The van der Waals surface area contributed by atoms with Crippen LogP contribution in [0.5, 0.6) is 0 Å². The molecule has 0 bridgehead atoms. The summed E-state index contributed by atoms with van der Waals surface area (Å²) < 4.78 is 10.4. The number of esters is 1. The van der Waals surface area contributed by atoms with Gasteiger partial charge in [0.15, 0.2) is 5.76 Å². The van der Waals surface area contributed by atoms with Crippen LogP contribution >= 0.6 is 0 Å². The van der Waals surface area contributed by atoms with Crippen LogP contribution in [0.2, 0.25) is 0 Å².